The normalized spacial score (nSPS) is 13.1. The molecule has 3 heteroatoms. The molecule has 0 spiro atoms. The molecule has 41 heavy (non-hydrogen) atoms. The third kappa shape index (κ3) is 3.82. The minimum atomic E-state index is -0.435. The summed E-state index contributed by atoms with van der Waals surface area (Å²) in [5.74, 6) is 0.292. The highest BCUT2D eigenvalue weighted by atomic mass is 15.1. The van der Waals surface area contributed by atoms with Crippen molar-refractivity contribution in [1.29, 1.82) is 0 Å². The van der Waals surface area contributed by atoms with Crippen LogP contribution < -0.4 is 0 Å². The van der Waals surface area contributed by atoms with Crippen molar-refractivity contribution < 1.29 is 6.85 Å². The summed E-state index contributed by atoms with van der Waals surface area (Å²) >= 11 is 0. The van der Waals surface area contributed by atoms with Gasteiger partial charge in [0, 0.05) is 34.3 Å². The Morgan fingerprint density at radius 2 is 1.22 bits per heavy atom. The Balaban J connectivity index is 1.51. The molecule has 0 fully saturated rings. The van der Waals surface area contributed by atoms with Crippen LogP contribution in [-0.4, -0.2) is 14.5 Å². The van der Waals surface area contributed by atoms with E-state index in [9.17, 15) is 0 Å². The number of fused-ring (bicyclic) bond motifs is 3. The molecular weight excluding hydrogens is 498 g/mol. The molecular formula is C38H25N3. The van der Waals surface area contributed by atoms with Gasteiger partial charge in [0.2, 0.25) is 0 Å². The highest BCUT2D eigenvalue weighted by Crippen LogP contribution is 2.43. The van der Waals surface area contributed by atoms with Crippen molar-refractivity contribution in [2.75, 3.05) is 0 Å². The average Bonchev–Trinajstić information content (AvgIpc) is 3.47. The van der Waals surface area contributed by atoms with Gasteiger partial charge in [-0.2, -0.15) is 0 Å². The maximum atomic E-state index is 8.84. The van der Waals surface area contributed by atoms with Crippen molar-refractivity contribution >= 4 is 32.6 Å². The number of imidazole rings is 1. The van der Waals surface area contributed by atoms with Gasteiger partial charge in [-0.1, -0.05) is 115 Å². The lowest BCUT2D eigenvalue weighted by Crippen LogP contribution is -2.01. The molecule has 3 nitrogen and oxygen atoms in total. The molecule has 0 aliphatic heterocycles. The summed E-state index contributed by atoms with van der Waals surface area (Å²) in [5.41, 5.74) is 6.54. The molecule has 0 saturated heterocycles. The van der Waals surface area contributed by atoms with Gasteiger partial charge in [0.05, 0.1) is 23.6 Å². The molecule has 0 amide bonds. The SMILES string of the molecule is [2H]c1c([2H])c([2H])c(-c2nc3ccccc3n2-c2c3ccccc3c(-c3cccc(-c4cccnc4)c3)c3ccccc23)c([2H])c1[2H]. The molecule has 0 atom stereocenters. The molecule has 2 heterocycles. The summed E-state index contributed by atoms with van der Waals surface area (Å²) in [6.07, 6.45) is 3.63. The molecule has 2 aromatic heterocycles. The van der Waals surface area contributed by atoms with Crippen molar-refractivity contribution in [1.82, 2.24) is 14.5 Å². The molecule has 0 aliphatic rings. The predicted octanol–water partition coefficient (Wildman–Crippen LogP) is 9.73. The van der Waals surface area contributed by atoms with Crippen LogP contribution in [0.1, 0.15) is 6.85 Å². The van der Waals surface area contributed by atoms with E-state index in [-0.39, 0.29) is 17.6 Å². The number of pyridine rings is 1. The molecule has 8 aromatic rings. The molecule has 192 valence electrons. The number of aromatic nitrogens is 3. The number of rotatable bonds is 4. The maximum absolute atomic E-state index is 8.84. The molecule has 0 N–H and O–H groups in total. The summed E-state index contributed by atoms with van der Waals surface area (Å²) in [6, 6.07) is 34.7. The van der Waals surface area contributed by atoms with Gasteiger partial charge < -0.3 is 0 Å². The van der Waals surface area contributed by atoms with Crippen molar-refractivity contribution in [2.24, 2.45) is 0 Å². The van der Waals surface area contributed by atoms with Crippen LogP contribution >= 0.6 is 0 Å². The van der Waals surface area contributed by atoms with Crippen LogP contribution in [0.15, 0.2) is 152 Å². The Kier molecular flexibility index (Phi) is 4.37. The lowest BCUT2D eigenvalue weighted by Gasteiger charge is -2.20. The average molecular weight is 529 g/mol. The van der Waals surface area contributed by atoms with Crippen molar-refractivity contribution in [3.05, 3.63) is 152 Å². The third-order valence-corrected chi connectivity index (χ3v) is 7.56. The monoisotopic (exact) mass is 528 g/mol. The van der Waals surface area contributed by atoms with Gasteiger partial charge in [0.1, 0.15) is 5.82 Å². The van der Waals surface area contributed by atoms with E-state index in [1.807, 2.05) is 65.4 Å². The topological polar surface area (TPSA) is 30.7 Å². The van der Waals surface area contributed by atoms with E-state index >= 15 is 0 Å². The van der Waals surface area contributed by atoms with Crippen LogP contribution in [-0.2, 0) is 0 Å². The van der Waals surface area contributed by atoms with Crippen LogP contribution in [0.25, 0.3) is 71.9 Å². The quantitative estimate of drug-likeness (QED) is 0.213. The Morgan fingerprint density at radius 1 is 0.561 bits per heavy atom. The first-order chi connectivity index (χ1) is 22.4. The van der Waals surface area contributed by atoms with Crippen molar-refractivity contribution in [2.45, 2.75) is 0 Å². The second-order valence-corrected chi connectivity index (χ2v) is 9.90. The smallest absolute Gasteiger partial charge is 0.145 e. The van der Waals surface area contributed by atoms with E-state index in [0.717, 1.165) is 55.0 Å². The van der Waals surface area contributed by atoms with Gasteiger partial charge in [-0.3, -0.25) is 9.55 Å². The number of hydrogen-bond donors (Lipinski definition) is 0. The first-order valence-electron chi connectivity index (χ1n) is 15.9. The van der Waals surface area contributed by atoms with E-state index in [2.05, 4.69) is 59.6 Å². The molecule has 8 rings (SSSR count). The molecule has 0 bridgehead atoms. The fraction of sp³-hybridized carbons (Fsp3) is 0. The van der Waals surface area contributed by atoms with E-state index < -0.39 is 18.1 Å². The Labute approximate surface area is 245 Å². The summed E-state index contributed by atoms with van der Waals surface area (Å²) in [5, 5.41) is 3.92. The number of para-hydroxylation sites is 2. The Morgan fingerprint density at radius 3 is 1.95 bits per heavy atom. The summed E-state index contributed by atoms with van der Waals surface area (Å²) in [7, 11) is 0. The number of nitrogens with zero attached hydrogens (tertiary/aromatic N) is 3. The van der Waals surface area contributed by atoms with Crippen molar-refractivity contribution in [3.63, 3.8) is 0 Å². The first kappa shape index (κ1) is 18.7. The molecule has 0 aliphatic carbocycles. The Hall–Kier alpha value is -5.54. The van der Waals surface area contributed by atoms with Crippen molar-refractivity contribution in [3.8, 4) is 39.3 Å². The summed E-state index contributed by atoms with van der Waals surface area (Å²) in [4.78, 5) is 9.24. The Bertz CT molecular complexity index is 2400. The zero-order valence-electron chi connectivity index (χ0n) is 26.9. The van der Waals surface area contributed by atoms with Gasteiger partial charge >= 0.3 is 0 Å². The predicted molar refractivity (Wildman–Crippen MR) is 170 cm³/mol. The third-order valence-electron chi connectivity index (χ3n) is 7.56. The minimum Gasteiger partial charge on any atom is -0.291 e. The lowest BCUT2D eigenvalue weighted by molar-refractivity contribution is 1.13. The summed E-state index contributed by atoms with van der Waals surface area (Å²) < 4.78 is 44.6. The van der Waals surface area contributed by atoms with Crippen LogP contribution in [0, 0.1) is 0 Å². The van der Waals surface area contributed by atoms with Gasteiger partial charge in [-0.05, 0) is 51.7 Å². The van der Waals surface area contributed by atoms with Gasteiger partial charge in [0.15, 0.2) is 0 Å². The standard InChI is InChI=1S/C38H25N3/c1-2-12-26(13-3-1)38-40-34-21-8-9-22-35(34)41(38)37-32-19-6-4-17-30(32)36(31-18-5-7-20-33(31)37)28-15-10-14-27(24-28)29-16-11-23-39-25-29/h1-25H/i1D,2D,3D,12D,13D. The van der Waals surface area contributed by atoms with E-state index in [1.54, 1.807) is 6.20 Å². The zero-order chi connectivity index (χ0) is 31.5. The van der Waals surface area contributed by atoms with E-state index in [1.165, 1.54) is 0 Å². The minimum absolute atomic E-state index is 0.0589. The largest absolute Gasteiger partial charge is 0.291 e. The maximum Gasteiger partial charge on any atom is 0.145 e. The van der Waals surface area contributed by atoms with Crippen LogP contribution in [0.3, 0.4) is 0 Å². The number of benzene rings is 6. The molecule has 0 unspecified atom stereocenters. The highest BCUT2D eigenvalue weighted by molar-refractivity contribution is 6.19. The molecule has 0 saturated carbocycles. The van der Waals surface area contributed by atoms with E-state index in [4.69, 9.17) is 11.8 Å². The highest BCUT2D eigenvalue weighted by Gasteiger charge is 2.21. The summed E-state index contributed by atoms with van der Waals surface area (Å²) in [6.45, 7) is 0. The molecule has 0 radical (unpaired) electrons. The fourth-order valence-electron chi connectivity index (χ4n) is 5.83. The van der Waals surface area contributed by atoms with Gasteiger partial charge in [-0.25, -0.2) is 4.98 Å². The first-order valence-corrected chi connectivity index (χ1v) is 13.4. The van der Waals surface area contributed by atoms with Gasteiger partial charge in [0.25, 0.3) is 0 Å². The fourth-order valence-corrected chi connectivity index (χ4v) is 5.83. The van der Waals surface area contributed by atoms with E-state index in [0.29, 0.717) is 11.3 Å². The van der Waals surface area contributed by atoms with Crippen LogP contribution in [0.2, 0.25) is 0 Å². The second kappa shape index (κ2) is 9.58. The zero-order valence-corrected chi connectivity index (χ0v) is 21.9. The van der Waals surface area contributed by atoms with Gasteiger partial charge in [-0.15, -0.1) is 0 Å². The van der Waals surface area contributed by atoms with Crippen LogP contribution in [0.4, 0.5) is 0 Å². The number of hydrogen-bond acceptors (Lipinski definition) is 2. The molecule has 6 aromatic carbocycles. The lowest BCUT2D eigenvalue weighted by atomic mass is 9.89. The second-order valence-electron chi connectivity index (χ2n) is 9.90. The van der Waals surface area contributed by atoms with Crippen LogP contribution in [0.5, 0.6) is 0 Å².